The van der Waals surface area contributed by atoms with Gasteiger partial charge in [-0.1, -0.05) is 30.0 Å². The van der Waals surface area contributed by atoms with Crippen molar-refractivity contribution in [2.45, 2.75) is 0 Å². The third-order valence-corrected chi connectivity index (χ3v) is 5.86. The van der Waals surface area contributed by atoms with Crippen LogP contribution in [0.5, 0.6) is 0 Å². The Morgan fingerprint density at radius 1 is 0.448 bits per heavy atom. The molecule has 0 atom stereocenters. The summed E-state index contributed by atoms with van der Waals surface area (Å²) in [5.74, 6) is 6.47. The molecule has 0 bridgehead atoms. The monoisotopic (exact) mass is 597 g/mol. The summed E-state index contributed by atoms with van der Waals surface area (Å²) >= 11 is 4.67. The summed E-state index contributed by atoms with van der Waals surface area (Å²) in [5.41, 5.74) is 5.40. The predicted molar refractivity (Wildman–Crippen MR) is 139 cm³/mol. The molecule has 0 saturated carbocycles. The quantitative estimate of drug-likeness (QED) is 0.173. The van der Waals surface area contributed by atoms with E-state index in [1.807, 2.05) is 30.3 Å². The Kier molecular flexibility index (Phi) is 6.53. The molecule has 0 unspecified atom stereocenters. The number of rotatable bonds is 3. The van der Waals surface area contributed by atoms with Gasteiger partial charge in [0, 0.05) is 35.3 Å². The van der Waals surface area contributed by atoms with Crippen LogP contribution in [0.4, 0.5) is 17.1 Å². The molecule has 3 heteroatoms. The van der Waals surface area contributed by atoms with Crippen molar-refractivity contribution in [2.75, 3.05) is 4.90 Å². The first-order valence-electron chi connectivity index (χ1n) is 9.17. The van der Waals surface area contributed by atoms with Crippen LogP contribution in [-0.2, 0) is 0 Å². The molecule has 0 heterocycles. The van der Waals surface area contributed by atoms with Crippen LogP contribution in [0, 0.1) is 19.0 Å². The summed E-state index contributed by atoms with van der Waals surface area (Å²) < 4.78 is 2.45. The van der Waals surface area contributed by atoms with Crippen LogP contribution in [0.3, 0.4) is 0 Å². The van der Waals surface area contributed by atoms with E-state index in [9.17, 15) is 0 Å². The molecule has 1 nitrogen and oxygen atoms in total. The first-order valence-corrected chi connectivity index (χ1v) is 11.3. The summed E-state index contributed by atoms with van der Waals surface area (Å²) in [6, 6.07) is 35.6. The Hall–Kier alpha value is -2.30. The van der Waals surface area contributed by atoms with E-state index in [1.165, 1.54) is 7.14 Å². The Bertz CT molecular complexity index is 1090. The van der Waals surface area contributed by atoms with Crippen LogP contribution in [-0.4, -0.2) is 0 Å². The molecular formula is C26H17I2N. The molecule has 140 valence electrons. The van der Waals surface area contributed by atoms with Gasteiger partial charge in [-0.15, -0.1) is 0 Å². The fraction of sp³-hybridized carbons (Fsp3) is 0. The Morgan fingerprint density at radius 2 is 0.828 bits per heavy atom. The Morgan fingerprint density at radius 3 is 1.28 bits per heavy atom. The summed E-state index contributed by atoms with van der Waals surface area (Å²) in [5, 5.41) is 0. The molecule has 0 aliphatic heterocycles. The van der Waals surface area contributed by atoms with Crippen LogP contribution >= 0.6 is 45.2 Å². The zero-order valence-corrected chi connectivity index (χ0v) is 19.8. The summed E-state index contributed by atoms with van der Waals surface area (Å²) in [4.78, 5) is 2.26. The van der Waals surface area contributed by atoms with E-state index in [-0.39, 0.29) is 0 Å². The minimum absolute atomic E-state index is 1.00. The maximum Gasteiger partial charge on any atom is 0.0462 e. The lowest BCUT2D eigenvalue weighted by Gasteiger charge is -2.25. The maximum absolute atomic E-state index is 3.25. The number of halogens is 2. The van der Waals surface area contributed by atoms with Crippen molar-refractivity contribution in [1.29, 1.82) is 0 Å². The lowest BCUT2D eigenvalue weighted by molar-refractivity contribution is 1.28. The van der Waals surface area contributed by atoms with Gasteiger partial charge < -0.3 is 4.90 Å². The maximum atomic E-state index is 3.25. The van der Waals surface area contributed by atoms with Gasteiger partial charge in [0.25, 0.3) is 0 Å². The summed E-state index contributed by atoms with van der Waals surface area (Å²) in [6.45, 7) is 0. The van der Waals surface area contributed by atoms with Crippen LogP contribution in [0.15, 0.2) is 103 Å². The van der Waals surface area contributed by atoms with Gasteiger partial charge in [-0.05, 0) is 130 Å². The Balaban J connectivity index is 1.68. The van der Waals surface area contributed by atoms with Crippen molar-refractivity contribution >= 4 is 62.2 Å². The first-order chi connectivity index (χ1) is 14.2. The second-order valence-electron chi connectivity index (χ2n) is 6.45. The highest BCUT2D eigenvalue weighted by atomic mass is 127. The summed E-state index contributed by atoms with van der Waals surface area (Å²) in [7, 11) is 0. The van der Waals surface area contributed by atoms with E-state index in [4.69, 9.17) is 0 Å². The van der Waals surface area contributed by atoms with Gasteiger partial charge in [0.2, 0.25) is 0 Å². The molecule has 0 fully saturated rings. The normalized spacial score (nSPS) is 10.1. The molecule has 0 saturated heterocycles. The predicted octanol–water partition coefficient (Wildman–Crippen LogP) is 7.77. The number of hydrogen-bond acceptors (Lipinski definition) is 1. The average Bonchev–Trinajstić information content (AvgIpc) is 2.77. The second kappa shape index (κ2) is 9.47. The number of benzene rings is 4. The van der Waals surface area contributed by atoms with Crippen molar-refractivity contribution in [3.05, 3.63) is 121 Å². The topological polar surface area (TPSA) is 3.24 Å². The lowest BCUT2D eigenvalue weighted by Crippen LogP contribution is -2.09. The molecule has 0 N–H and O–H groups in total. The standard InChI is InChI=1S/C26H17I2N/c27-22-10-16-25(17-11-22)29(26-18-12-23(28)13-19-26)24-14-8-21(9-15-24)7-6-20-4-2-1-3-5-20/h1-5,8-19H. The zero-order chi connectivity index (χ0) is 20.1. The fourth-order valence-corrected chi connectivity index (χ4v) is 3.71. The lowest BCUT2D eigenvalue weighted by atomic mass is 10.1. The number of anilines is 3. The molecule has 4 aromatic rings. The summed E-state index contributed by atoms with van der Waals surface area (Å²) in [6.07, 6.45) is 0. The molecule has 0 amide bonds. The first kappa shape index (κ1) is 20.0. The third-order valence-electron chi connectivity index (χ3n) is 4.42. The molecule has 0 aromatic heterocycles. The largest absolute Gasteiger partial charge is 0.311 e. The number of hydrogen-bond donors (Lipinski definition) is 0. The van der Waals surface area contributed by atoms with E-state index in [2.05, 4.69) is 135 Å². The molecular weight excluding hydrogens is 580 g/mol. The van der Waals surface area contributed by atoms with Crippen molar-refractivity contribution in [2.24, 2.45) is 0 Å². The molecule has 4 rings (SSSR count). The van der Waals surface area contributed by atoms with Crippen molar-refractivity contribution in [3.8, 4) is 11.8 Å². The smallest absolute Gasteiger partial charge is 0.0462 e. The van der Waals surface area contributed by atoms with Crippen LogP contribution in [0.1, 0.15) is 11.1 Å². The van der Waals surface area contributed by atoms with Crippen molar-refractivity contribution in [1.82, 2.24) is 0 Å². The third kappa shape index (κ3) is 5.20. The SMILES string of the molecule is Ic1ccc(N(c2ccc(I)cc2)c2ccc(C#Cc3ccccc3)cc2)cc1. The highest BCUT2D eigenvalue weighted by molar-refractivity contribution is 14.1. The van der Waals surface area contributed by atoms with E-state index in [0.29, 0.717) is 0 Å². The fourth-order valence-electron chi connectivity index (χ4n) is 2.99. The van der Waals surface area contributed by atoms with Gasteiger partial charge >= 0.3 is 0 Å². The van der Waals surface area contributed by atoms with E-state index < -0.39 is 0 Å². The minimum atomic E-state index is 1.00. The molecule has 0 aliphatic carbocycles. The van der Waals surface area contributed by atoms with Crippen LogP contribution in [0.25, 0.3) is 0 Å². The highest BCUT2D eigenvalue weighted by Gasteiger charge is 2.12. The number of nitrogens with zero attached hydrogens (tertiary/aromatic N) is 1. The van der Waals surface area contributed by atoms with E-state index >= 15 is 0 Å². The van der Waals surface area contributed by atoms with E-state index in [0.717, 1.165) is 28.2 Å². The second-order valence-corrected chi connectivity index (χ2v) is 8.94. The van der Waals surface area contributed by atoms with Gasteiger partial charge in [0.05, 0.1) is 0 Å². The average molecular weight is 597 g/mol. The zero-order valence-electron chi connectivity index (χ0n) is 15.5. The Labute approximate surface area is 199 Å². The molecule has 0 aliphatic rings. The minimum Gasteiger partial charge on any atom is -0.311 e. The molecule has 0 spiro atoms. The van der Waals surface area contributed by atoms with Gasteiger partial charge in [0.1, 0.15) is 0 Å². The van der Waals surface area contributed by atoms with Crippen LogP contribution < -0.4 is 4.90 Å². The molecule has 4 aromatic carbocycles. The molecule has 0 radical (unpaired) electrons. The van der Waals surface area contributed by atoms with E-state index in [1.54, 1.807) is 0 Å². The van der Waals surface area contributed by atoms with Gasteiger partial charge in [-0.25, -0.2) is 0 Å². The highest BCUT2D eigenvalue weighted by Crippen LogP contribution is 2.35. The van der Waals surface area contributed by atoms with Gasteiger partial charge in [-0.3, -0.25) is 0 Å². The van der Waals surface area contributed by atoms with Crippen molar-refractivity contribution < 1.29 is 0 Å². The van der Waals surface area contributed by atoms with Gasteiger partial charge in [0.15, 0.2) is 0 Å². The van der Waals surface area contributed by atoms with Crippen molar-refractivity contribution in [3.63, 3.8) is 0 Å². The van der Waals surface area contributed by atoms with Gasteiger partial charge in [-0.2, -0.15) is 0 Å². The van der Waals surface area contributed by atoms with Crippen LogP contribution in [0.2, 0.25) is 0 Å². The molecule has 29 heavy (non-hydrogen) atoms.